The molecule has 6 heteroatoms. The first-order chi connectivity index (χ1) is 12.1. The Kier molecular flexibility index (Phi) is 5.93. The zero-order valence-electron chi connectivity index (χ0n) is 15.2. The van der Waals surface area contributed by atoms with Crippen LogP contribution in [0, 0.1) is 0 Å². The number of aliphatic hydroxyl groups is 1. The molecule has 1 amide bonds. The highest BCUT2D eigenvalue weighted by atomic mass is 16.5. The number of ether oxygens (including phenoxy) is 1. The molecule has 25 heavy (non-hydrogen) atoms. The molecule has 0 saturated carbocycles. The fourth-order valence-corrected chi connectivity index (χ4v) is 3.77. The summed E-state index contributed by atoms with van der Waals surface area (Å²) in [6.45, 7) is 4.29. The van der Waals surface area contributed by atoms with Crippen LogP contribution < -0.4 is 4.74 Å². The van der Waals surface area contributed by atoms with E-state index in [1.54, 1.807) is 7.11 Å². The van der Waals surface area contributed by atoms with E-state index in [1.807, 2.05) is 36.2 Å². The lowest BCUT2D eigenvalue weighted by Gasteiger charge is -2.26. The van der Waals surface area contributed by atoms with Gasteiger partial charge in [-0.2, -0.15) is 0 Å². The lowest BCUT2D eigenvalue weighted by molar-refractivity contribution is -0.131. The maximum Gasteiger partial charge on any atom is 0.236 e. The van der Waals surface area contributed by atoms with Crippen LogP contribution in [0.5, 0.6) is 5.75 Å². The van der Waals surface area contributed by atoms with Crippen molar-refractivity contribution in [3.63, 3.8) is 0 Å². The summed E-state index contributed by atoms with van der Waals surface area (Å²) >= 11 is 0. The molecular formula is C19H29N3O3. The Balaban J connectivity index is 1.53. The van der Waals surface area contributed by atoms with Crippen LogP contribution in [0.25, 0.3) is 0 Å². The number of hydrogen-bond donors (Lipinski definition) is 1. The summed E-state index contributed by atoms with van der Waals surface area (Å²) in [6.07, 6.45) is 1.87. The number of methoxy groups -OCH3 is 1. The first-order valence-electron chi connectivity index (χ1n) is 9.08. The van der Waals surface area contributed by atoms with E-state index >= 15 is 0 Å². The van der Waals surface area contributed by atoms with Crippen molar-refractivity contribution in [2.75, 3.05) is 46.9 Å². The monoisotopic (exact) mass is 347 g/mol. The molecule has 0 bridgehead atoms. The van der Waals surface area contributed by atoms with Gasteiger partial charge in [0.15, 0.2) is 0 Å². The molecule has 3 rings (SSSR count). The predicted molar refractivity (Wildman–Crippen MR) is 96.5 cm³/mol. The van der Waals surface area contributed by atoms with Gasteiger partial charge in [0.1, 0.15) is 5.75 Å². The molecule has 1 N–H and O–H groups in total. The Hall–Kier alpha value is -1.63. The first kappa shape index (κ1) is 18.2. The molecule has 0 aliphatic carbocycles. The summed E-state index contributed by atoms with van der Waals surface area (Å²) < 4.78 is 5.18. The van der Waals surface area contributed by atoms with Gasteiger partial charge in [0.2, 0.25) is 5.91 Å². The second-order valence-corrected chi connectivity index (χ2v) is 7.18. The highest BCUT2D eigenvalue weighted by molar-refractivity contribution is 5.78. The number of amides is 1. The number of rotatable bonds is 6. The second kappa shape index (κ2) is 8.17. The molecule has 2 fully saturated rings. The lowest BCUT2D eigenvalue weighted by Crippen LogP contribution is -2.41. The van der Waals surface area contributed by atoms with Crippen LogP contribution in [0.4, 0.5) is 0 Å². The molecule has 0 unspecified atom stereocenters. The minimum atomic E-state index is -0.495. The normalized spacial score (nSPS) is 24.2. The van der Waals surface area contributed by atoms with Gasteiger partial charge >= 0.3 is 0 Å². The minimum absolute atomic E-state index is 0.0235. The molecule has 1 aromatic carbocycles. The van der Waals surface area contributed by atoms with E-state index < -0.39 is 6.10 Å². The van der Waals surface area contributed by atoms with Gasteiger partial charge in [0, 0.05) is 19.6 Å². The van der Waals surface area contributed by atoms with E-state index in [0.717, 1.165) is 30.9 Å². The number of carbonyl (C=O) groups is 1. The molecule has 2 aliphatic heterocycles. The van der Waals surface area contributed by atoms with Gasteiger partial charge in [-0.05, 0) is 50.7 Å². The zero-order valence-corrected chi connectivity index (χ0v) is 15.2. The summed E-state index contributed by atoms with van der Waals surface area (Å²) in [5.74, 6) is 0.979. The standard InChI is InChI=1S/C19H29N3O3/c1-20(11-15-5-7-16(25-2)8-6-15)17-12-22(13-18(17)23)19(24)14-21-9-3-4-10-21/h5-8,17-18,23H,3-4,9-14H2,1-2H3/t17-,18-/m1/s1. The Morgan fingerprint density at radius 3 is 2.56 bits per heavy atom. The number of carbonyl (C=O) groups excluding carboxylic acids is 1. The molecule has 0 radical (unpaired) electrons. The quantitative estimate of drug-likeness (QED) is 0.825. The van der Waals surface area contributed by atoms with Crippen molar-refractivity contribution in [1.82, 2.24) is 14.7 Å². The van der Waals surface area contributed by atoms with Gasteiger partial charge in [-0.15, -0.1) is 0 Å². The Labute approximate surface area is 150 Å². The molecule has 2 heterocycles. The third-order valence-electron chi connectivity index (χ3n) is 5.33. The fraction of sp³-hybridized carbons (Fsp3) is 0.632. The summed E-state index contributed by atoms with van der Waals surface area (Å²) in [6, 6.07) is 7.94. The lowest BCUT2D eigenvalue weighted by atomic mass is 10.1. The topological polar surface area (TPSA) is 56.2 Å². The number of likely N-dealkylation sites (tertiary alicyclic amines) is 2. The number of nitrogens with zero attached hydrogens (tertiary/aromatic N) is 3. The van der Waals surface area contributed by atoms with Crippen LogP contribution in [0.2, 0.25) is 0 Å². The van der Waals surface area contributed by atoms with E-state index in [4.69, 9.17) is 4.74 Å². The maximum atomic E-state index is 12.5. The summed E-state index contributed by atoms with van der Waals surface area (Å²) in [4.78, 5) is 18.6. The molecule has 0 aromatic heterocycles. The van der Waals surface area contributed by atoms with Crippen molar-refractivity contribution < 1.29 is 14.6 Å². The number of likely N-dealkylation sites (N-methyl/N-ethyl adjacent to an activating group) is 1. The van der Waals surface area contributed by atoms with Gasteiger partial charge in [-0.3, -0.25) is 14.6 Å². The van der Waals surface area contributed by atoms with E-state index in [-0.39, 0.29) is 11.9 Å². The van der Waals surface area contributed by atoms with E-state index in [2.05, 4.69) is 9.80 Å². The number of benzene rings is 1. The van der Waals surface area contributed by atoms with Crippen LogP contribution >= 0.6 is 0 Å². The third kappa shape index (κ3) is 4.51. The Morgan fingerprint density at radius 2 is 1.92 bits per heavy atom. The SMILES string of the molecule is COc1ccc(CN(C)[C@@H]2CN(C(=O)CN3CCCC3)C[C@H]2O)cc1. The van der Waals surface area contributed by atoms with Crippen LogP contribution in [0.15, 0.2) is 24.3 Å². The molecule has 2 aliphatic rings. The number of hydrogen-bond acceptors (Lipinski definition) is 5. The van der Waals surface area contributed by atoms with Crippen molar-refractivity contribution in [3.8, 4) is 5.75 Å². The van der Waals surface area contributed by atoms with Gasteiger partial charge in [-0.1, -0.05) is 12.1 Å². The summed E-state index contributed by atoms with van der Waals surface area (Å²) in [7, 11) is 3.66. The number of β-amino-alcohol motifs (C(OH)–C–C–N with tert-alkyl or cyclic N) is 1. The first-order valence-corrected chi connectivity index (χ1v) is 9.08. The Morgan fingerprint density at radius 1 is 1.24 bits per heavy atom. The van der Waals surface area contributed by atoms with E-state index in [9.17, 15) is 9.90 Å². The predicted octanol–water partition coefficient (Wildman–Crippen LogP) is 0.795. The van der Waals surface area contributed by atoms with Crippen molar-refractivity contribution in [2.24, 2.45) is 0 Å². The highest BCUT2D eigenvalue weighted by Crippen LogP contribution is 2.19. The van der Waals surface area contributed by atoms with Crippen LogP contribution in [-0.4, -0.2) is 84.7 Å². The van der Waals surface area contributed by atoms with Crippen molar-refractivity contribution in [3.05, 3.63) is 29.8 Å². The Bertz CT molecular complexity index is 572. The molecule has 138 valence electrons. The molecule has 2 saturated heterocycles. The van der Waals surface area contributed by atoms with Crippen LogP contribution in [0.3, 0.4) is 0 Å². The van der Waals surface area contributed by atoms with Gasteiger partial charge in [-0.25, -0.2) is 0 Å². The summed E-state index contributed by atoms with van der Waals surface area (Å²) in [5, 5.41) is 10.4. The van der Waals surface area contributed by atoms with Crippen molar-refractivity contribution >= 4 is 5.91 Å². The van der Waals surface area contributed by atoms with Crippen molar-refractivity contribution in [2.45, 2.75) is 31.5 Å². The zero-order chi connectivity index (χ0) is 17.8. The average Bonchev–Trinajstić information content (AvgIpc) is 3.25. The van der Waals surface area contributed by atoms with Crippen LogP contribution in [-0.2, 0) is 11.3 Å². The molecule has 1 aromatic rings. The van der Waals surface area contributed by atoms with Gasteiger partial charge in [0.25, 0.3) is 0 Å². The summed E-state index contributed by atoms with van der Waals surface area (Å²) in [5.41, 5.74) is 1.16. The van der Waals surface area contributed by atoms with Gasteiger partial charge < -0.3 is 14.7 Å². The molecule has 6 nitrogen and oxygen atoms in total. The van der Waals surface area contributed by atoms with E-state index in [0.29, 0.717) is 19.6 Å². The van der Waals surface area contributed by atoms with Crippen LogP contribution in [0.1, 0.15) is 18.4 Å². The molecule has 2 atom stereocenters. The van der Waals surface area contributed by atoms with Crippen molar-refractivity contribution in [1.29, 1.82) is 0 Å². The fourth-order valence-electron chi connectivity index (χ4n) is 3.77. The third-order valence-corrected chi connectivity index (χ3v) is 5.33. The minimum Gasteiger partial charge on any atom is -0.497 e. The molecular weight excluding hydrogens is 318 g/mol. The van der Waals surface area contributed by atoms with Gasteiger partial charge in [0.05, 0.1) is 25.8 Å². The molecule has 0 spiro atoms. The average molecular weight is 347 g/mol. The smallest absolute Gasteiger partial charge is 0.236 e. The maximum absolute atomic E-state index is 12.5. The van der Waals surface area contributed by atoms with E-state index in [1.165, 1.54) is 12.8 Å². The second-order valence-electron chi connectivity index (χ2n) is 7.18. The highest BCUT2D eigenvalue weighted by Gasteiger charge is 2.36. The number of aliphatic hydroxyl groups excluding tert-OH is 1. The largest absolute Gasteiger partial charge is 0.497 e.